The molecule has 1 aliphatic heterocycles. The smallest absolute Gasteiger partial charge is 0.324 e. The highest BCUT2D eigenvalue weighted by atomic mass is 32.2. The van der Waals surface area contributed by atoms with Crippen LogP contribution in [0.2, 0.25) is 0 Å². The molecule has 3 atom stereocenters. The molecular weight excluding hydrogens is 302 g/mol. The lowest BCUT2D eigenvalue weighted by Gasteiger charge is -2.25. The number of benzene rings is 1. The van der Waals surface area contributed by atoms with Gasteiger partial charge in [0.1, 0.15) is 6.04 Å². The van der Waals surface area contributed by atoms with Gasteiger partial charge in [-0.25, -0.2) is 8.42 Å². The zero-order chi connectivity index (χ0) is 15.7. The highest BCUT2D eigenvalue weighted by Gasteiger charge is 2.52. The van der Waals surface area contributed by atoms with E-state index in [-0.39, 0.29) is 17.6 Å². The van der Waals surface area contributed by atoms with Gasteiger partial charge in [0.15, 0.2) is 0 Å². The van der Waals surface area contributed by atoms with E-state index in [0.717, 1.165) is 24.8 Å². The first-order chi connectivity index (χ1) is 10.5. The Morgan fingerprint density at radius 1 is 1.27 bits per heavy atom. The van der Waals surface area contributed by atoms with Crippen molar-refractivity contribution in [2.24, 2.45) is 11.8 Å². The third kappa shape index (κ3) is 2.77. The fourth-order valence-electron chi connectivity index (χ4n) is 3.83. The lowest BCUT2D eigenvalue weighted by Crippen LogP contribution is -2.44. The Bertz CT molecular complexity index is 643. The predicted octanol–water partition coefficient (Wildman–Crippen LogP) is 1.79. The largest absolute Gasteiger partial charge is 0.468 e. The molecular formula is C16H21NO4S. The number of methoxy groups -OCH3 is 1. The molecule has 0 aromatic heterocycles. The van der Waals surface area contributed by atoms with Crippen molar-refractivity contribution in [1.29, 1.82) is 0 Å². The van der Waals surface area contributed by atoms with Crippen molar-refractivity contribution in [2.75, 3.05) is 13.7 Å². The van der Waals surface area contributed by atoms with Crippen LogP contribution in [0, 0.1) is 11.8 Å². The number of hydrogen-bond acceptors (Lipinski definition) is 4. The monoisotopic (exact) mass is 323 g/mol. The standard InChI is InChI=1S/C16H21NO4S/c1-21-16(18)15-14-9-5-8-13(14)10-17(15)22(19,20)11-12-6-3-2-4-7-12/h2-4,6-7,13-15H,5,8-11H2,1H3/t13-,14+,15-/m0/s1. The number of rotatable bonds is 4. The minimum Gasteiger partial charge on any atom is -0.468 e. The Hall–Kier alpha value is -1.40. The molecule has 1 heterocycles. The number of fused-ring (bicyclic) bond motifs is 1. The second-order valence-electron chi connectivity index (χ2n) is 6.13. The second-order valence-corrected chi connectivity index (χ2v) is 8.06. The number of sulfonamides is 1. The van der Waals surface area contributed by atoms with Crippen molar-refractivity contribution in [3.8, 4) is 0 Å². The van der Waals surface area contributed by atoms with E-state index in [1.165, 1.54) is 11.4 Å². The molecule has 2 aliphatic rings. The minimum absolute atomic E-state index is 0.0687. The summed E-state index contributed by atoms with van der Waals surface area (Å²) >= 11 is 0. The van der Waals surface area contributed by atoms with E-state index < -0.39 is 22.0 Å². The average molecular weight is 323 g/mol. The van der Waals surface area contributed by atoms with Crippen LogP contribution in [0.1, 0.15) is 24.8 Å². The topological polar surface area (TPSA) is 63.7 Å². The normalized spacial score (nSPS) is 28.5. The number of ether oxygens (including phenoxy) is 1. The molecule has 1 saturated carbocycles. The maximum atomic E-state index is 12.8. The number of esters is 1. The van der Waals surface area contributed by atoms with Gasteiger partial charge in [-0.05, 0) is 30.2 Å². The maximum Gasteiger partial charge on any atom is 0.324 e. The number of carbonyl (C=O) groups excluding carboxylic acids is 1. The van der Waals surface area contributed by atoms with Gasteiger partial charge in [-0.1, -0.05) is 36.8 Å². The van der Waals surface area contributed by atoms with Crippen molar-refractivity contribution in [3.63, 3.8) is 0 Å². The highest BCUT2D eigenvalue weighted by molar-refractivity contribution is 7.88. The van der Waals surface area contributed by atoms with Crippen LogP contribution in [0.4, 0.5) is 0 Å². The van der Waals surface area contributed by atoms with Gasteiger partial charge in [-0.2, -0.15) is 4.31 Å². The first-order valence-corrected chi connectivity index (χ1v) is 9.25. The van der Waals surface area contributed by atoms with E-state index in [4.69, 9.17) is 4.74 Å². The van der Waals surface area contributed by atoms with Crippen LogP contribution >= 0.6 is 0 Å². The molecule has 1 saturated heterocycles. The molecule has 1 aliphatic carbocycles. The van der Waals surface area contributed by atoms with Gasteiger partial charge in [-0.15, -0.1) is 0 Å². The third-order valence-corrected chi connectivity index (χ3v) is 6.63. The van der Waals surface area contributed by atoms with E-state index >= 15 is 0 Å². The second kappa shape index (κ2) is 6.01. The van der Waals surface area contributed by atoms with E-state index in [2.05, 4.69) is 0 Å². The van der Waals surface area contributed by atoms with Crippen LogP contribution in [-0.4, -0.2) is 38.4 Å². The fourth-order valence-corrected chi connectivity index (χ4v) is 5.62. The van der Waals surface area contributed by atoms with Gasteiger partial charge in [0.2, 0.25) is 10.0 Å². The summed E-state index contributed by atoms with van der Waals surface area (Å²) in [4.78, 5) is 12.1. The molecule has 1 aromatic rings. The lowest BCUT2D eigenvalue weighted by molar-refractivity contribution is -0.145. The lowest BCUT2D eigenvalue weighted by atomic mass is 9.94. The van der Waals surface area contributed by atoms with Gasteiger partial charge in [0.05, 0.1) is 12.9 Å². The van der Waals surface area contributed by atoms with Crippen LogP contribution in [0.15, 0.2) is 30.3 Å². The molecule has 0 bridgehead atoms. The summed E-state index contributed by atoms with van der Waals surface area (Å²) in [5.74, 6) is -0.0977. The summed E-state index contributed by atoms with van der Waals surface area (Å²) in [7, 11) is -2.20. The Balaban J connectivity index is 1.86. The molecule has 0 amide bonds. The van der Waals surface area contributed by atoms with E-state index in [1.54, 1.807) is 12.1 Å². The Kier molecular flexibility index (Phi) is 4.23. The minimum atomic E-state index is -3.53. The molecule has 1 aromatic carbocycles. The van der Waals surface area contributed by atoms with Crippen molar-refractivity contribution in [2.45, 2.75) is 31.1 Å². The van der Waals surface area contributed by atoms with Crippen LogP contribution in [0.3, 0.4) is 0 Å². The quantitative estimate of drug-likeness (QED) is 0.793. The first kappa shape index (κ1) is 15.5. The summed E-state index contributed by atoms with van der Waals surface area (Å²) in [6.07, 6.45) is 2.96. The molecule has 120 valence electrons. The molecule has 0 unspecified atom stereocenters. The zero-order valence-corrected chi connectivity index (χ0v) is 13.5. The summed E-state index contributed by atoms with van der Waals surface area (Å²) in [5, 5.41) is 0. The molecule has 6 heteroatoms. The Labute approximate surface area is 131 Å². The van der Waals surface area contributed by atoms with E-state index in [9.17, 15) is 13.2 Å². The van der Waals surface area contributed by atoms with Gasteiger partial charge >= 0.3 is 5.97 Å². The summed E-state index contributed by atoms with van der Waals surface area (Å²) in [5.41, 5.74) is 0.739. The van der Waals surface area contributed by atoms with Crippen LogP contribution in [0.25, 0.3) is 0 Å². The molecule has 0 N–H and O–H groups in total. The van der Waals surface area contributed by atoms with E-state index in [1.807, 2.05) is 18.2 Å². The van der Waals surface area contributed by atoms with Crippen molar-refractivity contribution >= 4 is 16.0 Å². The third-order valence-electron chi connectivity index (χ3n) is 4.84. The van der Waals surface area contributed by atoms with Crippen LogP contribution in [0.5, 0.6) is 0 Å². The fraction of sp³-hybridized carbons (Fsp3) is 0.562. The summed E-state index contributed by atoms with van der Waals surface area (Å²) in [6, 6.07) is 8.44. The predicted molar refractivity (Wildman–Crippen MR) is 82.4 cm³/mol. The highest BCUT2D eigenvalue weighted by Crippen LogP contribution is 2.44. The molecule has 22 heavy (non-hydrogen) atoms. The summed E-state index contributed by atoms with van der Waals surface area (Å²) in [6.45, 7) is 0.444. The maximum absolute atomic E-state index is 12.8. The van der Waals surface area contributed by atoms with Crippen molar-refractivity contribution in [1.82, 2.24) is 4.31 Å². The van der Waals surface area contributed by atoms with Crippen molar-refractivity contribution < 1.29 is 17.9 Å². The molecule has 0 spiro atoms. The van der Waals surface area contributed by atoms with Gasteiger partial charge < -0.3 is 4.74 Å². The molecule has 0 radical (unpaired) electrons. The number of hydrogen-bond donors (Lipinski definition) is 0. The van der Waals surface area contributed by atoms with Crippen LogP contribution in [-0.2, 0) is 25.3 Å². The van der Waals surface area contributed by atoms with Crippen LogP contribution < -0.4 is 0 Å². The molecule has 2 fully saturated rings. The summed E-state index contributed by atoms with van der Waals surface area (Å²) < 4.78 is 31.8. The Morgan fingerprint density at radius 2 is 2.00 bits per heavy atom. The number of carbonyl (C=O) groups is 1. The SMILES string of the molecule is COC(=O)[C@@H]1[C@@H]2CCC[C@H]2CN1S(=O)(=O)Cc1ccccc1. The van der Waals surface area contributed by atoms with E-state index in [0.29, 0.717) is 6.54 Å². The average Bonchev–Trinajstić information content (AvgIpc) is 3.07. The van der Waals surface area contributed by atoms with Gasteiger partial charge in [0.25, 0.3) is 0 Å². The molecule has 5 nitrogen and oxygen atoms in total. The Morgan fingerprint density at radius 3 is 2.68 bits per heavy atom. The molecule has 3 rings (SSSR count). The zero-order valence-electron chi connectivity index (χ0n) is 12.6. The number of nitrogens with zero attached hydrogens (tertiary/aromatic N) is 1. The first-order valence-electron chi connectivity index (χ1n) is 7.64. The van der Waals surface area contributed by atoms with Gasteiger partial charge in [0, 0.05) is 6.54 Å². The van der Waals surface area contributed by atoms with Gasteiger partial charge in [-0.3, -0.25) is 4.79 Å². The van der Waals surface area contributed by atoms with Crippen molar-refractivity contribution in [3.05, 3.63) is 35.9 Å².